The normalized spacial score (nSPS) is 22.6. The van der Waals surface area contributed by atoms with Gasteiger partial charge in [-0.3, -0.25) is 14.9 Å². The summed E-state index contributed by atoms with van der Waals surface area (Å²) >= 11 is 0. The van der Waals surface area contributed by atoms with E-state index in [2.05, 4.69) is 0 Å². The van der Waals surface area contributed by atoms with Crippen molar-refractivity contribution in [3.8, 4) is 0 Å². The number of nitro benzene ring substituents is 1. The lowest BCUT2D eigenvalue weighted by atomic mass is 10.1. The number of benzene rings is 1. The van der Waals surface area contributed by atoms with Gasteiger partial charge in [-0.1, -0.05) is 0 Å². The number of hydrogen-bond donors (Lipinski definition) is 0. The SMILES string of the molecule is CC1CN(C(=O)c2ccc(F)c([N+](=O)[O-])c2)C(C)CO1. The summed E-state index contributed by atoms with van der Waals surface area (Å²) in [6.45, 7) is 4.50. The molecule has 1 aromatic carbocycles. The summed E-state index contributed by atoms with van der Waals surface area (Å²) in [7, 11) is 0. The molecule has 20 heavy (non-hydrogen) atoms. The molecule has 0 aliphatic carbocycles. The van der Waals surface area contributed by atoms with Crippen LogP contribution in [0, 0.1) is 15.9 Å². The van der Waals surface area contributed by atoms with E-state index in [4.69, 9.17) is 4.74 Å². The Morgan fingerprint density at radius 2 is 2.20 bits per heavy atom. The second-order valence-corrected chi connectivity index (χ2v) is 4.87. The van der Waals surface area contributed by atoms with Gasteiger partial charge in [0.2, 0.25) is 5.82 Å². The molecule has 2 unspecified atom stereocenters. The number of hydrogen-bond acceptors (Lipinski definition) is 4. The van der Waals surface area contributed by atoms with Crippen molar-refractivity contribution in [2.75, 3.05) is 13.2 Å². The lowest BCUT2D eigenvalue weighted by Gasteiger charge is -2.36. The predicted molar refractivity (Wildman–Crippen MR) is 69.0 cm³/mol. The van der Waals surface area contributed by atoms with Crippen LogP contribution in [0.3, 0.4) is 0 Å². The Kier molecular flexibility index (Phi) is 3.99. The Labute approximate surface area is 115 Å². The van der Waals surface area contributed by atoms with Crippen LogP contribution in [0.4, 0.5) is 10.1 Å². The number of nitro groups is 1. The first-order valence-electron chi connectivity index (χ1n) is 6.26. The molecule has 7 heteroatoms. The van der Waals surface area contributed by atoms with Gasteiger partial charge in [-0.05, 0) is 26.0 Å². The standard InChI is InChI=1S/C13H15FN2O4/c1-8-7-20-9(2)6-15(8)13(17)10-3-4-11(14)12(5-10)16(18)19/h3-5,8-9H,6-7H2,1-2H3. The van der Waals surface area contributed by atoms with Crippen LogP contribution in [0.1, 0.15) is 24.2 Å². The summed E-state index contributed by atoms with van der Waals surface area (Å²) in [5, 5.41) is 10.7. The quantitative estimate of drug-likeness (QED) is 0.614. The zero-order chi connectivity index (χ0) is 14.9. The molecule has 2 rings (SSSR count). The monoisotopic (exact) mass is 282 g/mol. The third-order valence-corrected chi connectivity index (χ3v) is 3.26. The molecule has 0 radical (unpaired) electrons. The molecule has 0 N–H and O–H groups in total. The summed E-state index contributed by atoms with van der Waals surface area (Å²) in [6.07, 6.45) is -0.0921. The minimum atomic E-state index is -0.949. The fourth-order valence-electron chi connectivity index (χ4n) is 2.14. The van der Waals surface area contributed by atoms with Crippen molar-refractivity contribution < 1.29 is 18.8 Å². The van der Waals surface area contributed by atoms with E-state index in [1.165, 1.54) is 6.07 Å². The molecule has 2 atom stereocenters. The lowest BCUT2D eigenvalue weighted by molar-refractivity contribution is -0.387. The minimum absolute atomic E-state index is 0.0921. The van der Waals surface area contributed by atoms with Crippen LogP contribution in [0.5, 0.6) is 0 Å². The first-order chi connectivity index (χ1) is 9.40. The molecule has 1 heterocycles. The molecule has 0 aromatic heterocycles. The molecule has 1 amide bonds. The molecule has 1 aromatic rings. The van der Waals surface area contributed by atoms with Gasteiger partial charge in [-0.15, -0.1) is 0 Å². The van der Waals surface area contributed by atoms with E-state index in [9.17, 15) is 19.3 Å². The molecular formula is C13H15FN2O4. The molecule has 0 saturated carbocycles. The number of nitrogens with zero attached hydrogens (tertiary/aromatic N) is 2. The van der Waals surface area contributed by atoms with Crippen LogP contribution in [0.2, 0.25) is 0 Å². The van der Waals surface area contributed by atoms with Crippen molar-refractivity contribution >= 4 is 11.6 Å². The van der Waals surface area contributed by atoms with E-state index < -0.39 is 16.4 Å². The maximum Gasteiger partial charge on any atom is 0.305 e. The number of carbonyl (C=O) groups excluding carboxylic acids is 1. The van der Waals surface area contributed by atoms with Gasteiger partial charge in [-0.2, -0.15) is 4.39 Å². The van der Waals surface area contributed by atoms with E-state index in [-0.39, 0.29) is 23.6 Å². The number of halogens is 1. The van der Waals surface area contributed by atoms with Gasteiger partial charge in [0.05, 0.1) is 23.7 Å². The van der Waals surface area contributed by atoms with Gasteiger partial charge in [0.25, 0.3) is 5.91 Å². The highest BCUT2D eigenvalue weighted by molar-refractivity contribution is 5.95. The molecule has 1 fully saturated rings. The van der Waals surface area contributed by atoms with Crippen molar-refractivity contribution in [2.24, 2.45) is 0 Å². The van der Waals surface area contributed by atoms with Crippen LogP contribution in [-0.4, -0.2) is 41.0 Å². The van der Waals surface area contributed by atoms with Crippen molar-refractivity contribution in [1.82, 2.24) is 4.90 Å². The summed E-state index contributed by atoms with van der Waals surface area (Å²) in [5.74, 6) is -1.30. The van der Waals surface area contributed by atoms with Gasteiger partial charge < -0.3 is 9.64 Å². The van der Waals surface area contributed by atoms with Crippen molar-refractivity contribution in [1.29, 1.82) is 0 Å². The Balaban J connectivity index is 2.29. The van der Waals surface area contributed by atoms with Crippen LogP contribution < -0.4 is 0 Å². The molecule has 1 aliphatic heterocycles. The second-order valence-electron chi connectivity index (χ2n) is 4.87. The number of ether oxygens (including phenoxy) is 1. The van der Waals surface area contributed by atoms with Gasteiger partial charge in [0.1, 0.15) is 0 Å². The Morgan fingerprint density at radius 3 is 2.85 bits per heavy atom. The molecular weight excluding hydrogens is 267 g/mol. The Morgan fingerprint density at radius 1 is 1.50 bits per heavy atom. The van der Waals surface area contributed by atoms with Crippen LogP contribution in [0.25, 0.3) is 0 Å². The third kappa shape index (κ3) is 2.77. The zero-order valence-electron chi connectivity index (χ0n) is 11.2. The first kappa shape index (κ1) is 14.4. The third-order valence-electron chi connectivity index (χ3n) is 3.26. The van der Waals surface area contributed by atoms with E-state index >= 15 is 0 Å². The highest BCUT2D eigenvalue weighted by Gasteiger charge is 2.29. The number of rotatable bonds is 2. The smallest absolute Gasteiger partial charge is 0.305 e. The highest BCUT2D eigenvalue weighted by atomic mass is 19.1. The lowest BCUT2D eigenvalue weighted by Crippen LogP contribution is -2.50. The fourth-order valence-corrected chi connectivity index (χ4v) is 2.14. The van der Waals surface area contributed by atoms with E-state index in [0.717, 1.165) is 12.1 Å². The number of morpholine rings is 1. The topological polar surface area (TPSA) is 72.7 Å². The largest absolute Gasteiger partial charge is 0.375 e. The maximum atomic E-state index is 13.3. The van der Waals surface area contributed by atoms with E-state index in [0.29, 0.717) is 13.2 Å². The van der Waals surface area contributed by atoms with Gasteiger partial charge in [-0.25, -0.2) is 0 Å². The van der Waals surface area contributed by atoms with Crippen molar-refractivity contribution in [2.45, 2.75) is 26.0 Å². The summed E-state index contributed by atoms with van der Waals surface area (Å²) in [6, 6.07) is 3.06. The van der Waals surface area contributed by atoms with Crippen LogP contribution in [-0.2, 0) is 4.74 Å². The summed E-state index contributed by atoms with van der Waals surface area (Å²) in [4.78, 5) is 23.8. The maximum absolute atomic E-state index is 13.3. The molecule has 0 bridgehead atoms. The van der Waals surface area contributed by atoms with Gasteiger partial charge in [0.15, 0.2) is 0 Å². The van der Waals surface area contributed by atoms with Crippen molar-refractivity contribution in [3.05, 3.63) is 39.7 Å². The molecule has 1 aliphatic rings. The average molecular weight is 282 g/mol. The predicted octanol–water partition coefficient (Wildman–Crippen LogP) is 1.98. The Hall–Kier alpha value is -2.02. The van der Waals surface area contributed by atoms with Crippen LogP contribution in [0.15, 0.2) is 18.2 Å². The summed E-state index contributed by atoms with van der Waals surface area (Å²) in [5.41, 5.74) is -0.580. The van der Waals surface area contributed by atoms with E-state index in [1.807, 2.05) is 13.8 Å². The van der Waals surface area contributed by atoms with Crippen molar-refractivity contribution in [3.63, 3.8) is 0 Å². The highest BCUT2D eigenvalue weighted by Crippen LogP contribution is 2.21. The zero-order valence-corrected chi connectivity index (χ0v) is 11.2. The second kappa shape index (κ2) is 5.54. The molecule has 108 valence electrons. The minimum Gasteiger partial charge on any atom is -0.375 e. The average Bonchev–Trinajstić information content (AvgIpc) is 2.41. The first-order valence-corrected chi connectivity index (χ1v) is 6.26. The number of amides is 1. The van der Waals surface area contributed by atoms with Gasteiger partial charge >= 0.3 is 5.69 Å². The Bertz CT molecular complexity index is 549. The van der Waals surface area contributed by atoms with E-state index in [1.54, 1.807) is 4.90 Å². The summed E-state index contributed by atoms with van der Waals surface area (Å²) < 4.78 is 18.7. The fraction of sp³-hybridized carbons (Fsp3) is 0.462. The van der Waals surface area contributed by atoms with Gasteiger partial charge in [0, 0.05) is 18.2 Å². The molecule has 6 nitrogen and oxygen atoms in total. The van der Waals surface area contributed by atoms with Crippen LogP contribution >= 0.6 is 0 Å². The molecule has 0 spiro atoms. The molecule has 1 saturated heterocycles. The number of carbonyl (C=O) groups is 1.